The SMILES string of the molecule is O=C(O)c1ccc(S(=O)(=O)Nc2cccc(NC(=O)C3CC3)c2)cc1. The Labute approximate surface area is 144 Å². The number of hydrogen-bond acceptors (Lipinski definition) is 4. The normalized spacial score (nSPS) is 13.9. The monoisotopic (exact) mass is 360 g/mol. The number of rotatable bonds is 6. The zero-order chi connectivity index (χ0) is 18.0. The first-order valence-corrected chi connectivity index (χ1v) is 9.10. The van der Waals surface area contributed by atoms with E-state index in [1.165, 1.54) is 30.3 Å². The fraction of sp³-hybridized carbons (Fsp3) is 0.176. The van der Waals surface area contributed by atoms with Crippen molar-refractivity contribution in [2.75, 3.05) is 10.0 Å². The van der Waals surface area contributed by atoms with Crippen LogP contribution in [0.3, 0.4) is 0 Å². The lowest BCUT2D eigenvalue weighted by Crippen LogP contribution is -2.15. The van der Waals surface area contributed by atoms with Crippen LogP contribution in [0.4, 0.5) is 11.4 Å². The molecular formula is C17H16N2O5S. The lowest BCUT2D eigenvalue weighted by molar-refractivity contribution is -0.117. The Kier molecular flexibility index (Phi) is 4.45. The molecule has 0 radical (unpaired) electrons. The fourth-order valence-corrected chi connectivity index (χ4v) is 3.29. The second-order valence-electron chi connectivity index (χ2n) is 5.78. The van der Waals surface area contributed by atoms with Gasteiger partial charge in [-0.3, -0.25) is 9.52 Å². The molecule has 1 aliphatic carbocycles. The lowest BCUT2D eigenvalue weighted by atomic mass is 10.2. The van der Waals surface area contributed by atoms with Crippen molar-refractivity contribution in [1.29, 1.82) is 0 Å². The molecule has 0 spiro atoms. The molecule has 8 heteroatoms. The third-order valence-electron chi connectivity index (χ3n) is 3.74. The maximum atomic E-state index is 12.4. The fourth-order valence-electron chi connectivity index (χ4n) is 2.24. The molecule has 1 amide bonds. The van der Waals surface area contributed by atoms with Crippen LogP contribution in [0.5, 0.6) is 0 Å². The first-order chi connectivity index (χ1) is 11.8. The molecule has 0 heterocycles. The van der Waals surface area contributed by atoms with E-state index >= 15 is 0 Å². The van der Waals surface area contributed by atoms with Crippen molar-refractivity contribution in [1.82, 2.24) is 0 Å². The molecule has 0 unspecified atom stereocenters. The second kappa shape index (κ2) is 6.56. The van der Waals surface area contributed by atoms with Gasteiger partial charge in [0.05, 0.1) is 16.1 Å². The van der Waals surface area contributed by atoms with Crippen LogP contribution in [0, 0.1) is 5.92 Å². The summed E-state index contributed by atoms with van der Waals surface area (Å²) >= 11 is 0. The van der Waals surface area contributed by atoms with E-state index in [0.29, 0.717) is 11.4 Å². The van der Waals surface area contributed by atoms with E-state index < -0.39 is 16.0 Å². The van der Waals surface area contributed by atoms with Crippen molar-refractivity contribution in [2.24, 2.45) is 5.92 Å². The Morgan fingerprint density at radius 1 is 1.00 bits per heavy atom. The van der Waals surface area contributed by atoms with Crippen LogP contribution in [0.15, 0.2) is 53.4 Å². The van der Waals surface area contributed by atoms with Gasteiger partial charge in [0.1, 0.15) is 0 Å². The molecule has 25 heavy (non-hydrogen) atoms. The van der Waals surface area contributed by atoms with Crippen molar-refractivity contribution in [3.05, 3.63) is 54.1 Å². The highest BCUT2D eigenvalue weighted by Gasteiger charge is 2.29. The molecule has 3 rings (SSSR count). The molecule has 2 aromatic rings. The highest BCUT2D eigenvalue weighted by atomic mass is 32.2. The van der Waals surface area contributed by atoms with Gasteiger partial charge in [-0.25, -0.2) is 13.2 Å². The Hall–Kier alpha value is -2.87. The summed E-state index contributed by atoms with van der Waals surface area (Å²) in [5.41, 5.74) is 0.818. The molecule has 3 N–H and O–H groups in total. The number of anilines is 2. The molecule has 0 aromatic heterocycles. The van der Waals surface area contributed by atoms with Crippen molar-refractivity contribution >= 4 is 33.3 Å². The van der Waals surface area contributed by atoms with Gasteiger partial charge in [-0.05, 0) is 55.3 Å². The van der Waals surface area contributed by atoms with Gasteiger partial charge in [-0.1, -0.05) is 6.07 Å². The van der Waals surface area contributed by atoms with E-state index in [9.17, 15) is 18.0 Å². The second-order valence-corrected chi connectivity index (χ2v) is 7.46. The summed E-state index contributed by atoms with van der Waals surface area (Å²) in [6.07, 6.45) is 1.76. The summed E-state index contributed by atoms with van der Waals surface area (Å²) in [5.74, 6) is -1.15. The summed E-state index contributed by atoms with van der Waals surface area (Å²) in [7, 11) is -3.86. The van der Waals surface area contributed by atoms with E-state index in [1.54, 1.807) is 18.2 Å². The van der Waals surface area contributed by atoms with Gasteiger partial charge in [0.15, 0.2) is 0 Å². The highest BCUT2D eigenvalue weighted by Crippen LogP contribution is 2.30. The summed E-state index contributed by atoms with van der Waals surface area (Å²) in [4.78, 5) is 22.6. The molecule has 1 aliphatic rings. The molecule has 1 saturated carbocycles. The Morgan fingerprint density at radius 2 is 1.64 bits per heavy atom. The minimum Gasteiger partial charge on any atom is -0.478 e. The van der Waals surface area contributed by atoms with Crippen LogP contribution in [0.25, 0.3) is 0 Å². The molecule has 130 valence electrons. The van der Waals surface area contributed by atoms with Crippen LogP contribution in [0.1, 0.15) is 23.2 Å². The average molecular weight is 360 g/mol. The highest BCUT2D eigenvalue weighted by molar-refractivity contribution is 7.92. The van der Waals surface area contributed by atoms with Gasteiger partial charge in [0.2, 0.25) is 5.91 Å². The summed E-state index contributed by atoms with van der Waals surface area (Å²) in [6, 6.07) is 11.3. The number of carboxylic acid groups (broad SMARTS) is 1. The number of nitrogens with one attached hydrogen (secondary N) is 2. The Balaban J connectivity index is 1.75. The molecular weight excluding hydrogens is 344 g/mol. The minimum atomic E-state index is -3.86. The van der Waals surface area contributed by atoms with E-state index in [2.05, 4.69) is 10.0 Å². The smallest absolute Gasteiger partial charge is 0.335 e. The Bertz CT molecular complexity index is 918. The predicted molar refractivity (Wildman–Crippen MR) is 92.0 cm³/mol. The molecule has 0 saturated heterocycles. The number of sulfonamides is 1. The minimum absolute atomic E-state index is 0.00346. The van der Waals surface area contributed by atoms with E-state index in [1.807, 2.05) is 0 Å². The maximum absolute atomic E-state index is 12.4. The number of aromatic carboxylic acids is 1. The predicted octanol–water partition coefficient (Wildman–Crippen LogP) is 2.53. The standard InChI is InChI=1S/C17H16N2O5S/c20-16(11-4-5-11)18-13-2-1-3-14(10-13)19-25(23,24)15-8-6-12(7-9-15)17(21)22/h1-3,6-11,19H,4-5H2,(H,18,20)(H,21,22). The van der Waals surface area contributed by atoms with Crippen molar-refractivity contribution in [2.45, 2.75) is 17.7 Å². The molecule has 0 aliphatic heterocycles. The van der Waals surface area contributed by atoms with Crippen molar-refractivity contribution in [3.8, 4) is 0 Å². The van der Waals surface area contributed by atoms with E-state index in [-0.39, 0.29) is 22.3 Å². The van der Waals surface area contributed by atoms with Crippen molar-refractivity contribution in [3.63, 3.8) is 0 Å². The molecule has 0 atom stereocenters. The lowest BCUT2D eigenvalue weighted by Gasteiger charge is -2.10. The van der Waals surface area contributed by atoms with Gasteiger partial charge < -0.3 is 10.4 Å². The van der Waals surface area contributed by atoms with Crippen LogP contribution in [0.2, 0.25) is 0 Å². The van der Waals surface area contributed by atoms with Crippen LogP contribution in [-0.2, 0) is 14.8 Å². The molecule has 0 bridgehead atoms. The number of hydrogen-bond donors (Lipinski definition) is 3. The van der Waals surface area contributed by atoms with E-state index in [4.69, 9.17) is 5.11 Å². The number of benzene rings is 2. The third kappa shape index (κ3) is 4.16. The summed E-state index contributed by atoms with van der Waals surface area (Å²) < 4.78 is 27.2. The molecule has 7 nitrogen and oxygen atoms in total. The number of carbonyl (C=O) groups excluding carboxylic acids is 1. The molecule has 2 aromatic carbocycles. The number of amides is 1. The zero-order valence-corrected chi connectivity index (χ0v) is 13.9. The van der Waals surface area contributed by atoms with Gasteiger partial charge in [0.25, 0.3) is 10.0 Å². The summed E-state index contributed by atoms with van der Waals surface area (Å²) in [5, 5.41) is 11.6. The summed E-state index contributed by atoms with van der Waals surface area (Å²) in [6.45, 7) is 0. The van der Waals surface area contributed by atoms with Crippen LogP contribution in [-0.4, -0.2) is 25.4 Å². The quantitative estimate of drug-likeness (QED) is 0.733. The number of carbonyl (C=O) groups is 2. The first-order valence-electron chi connectivity index (χ1n) is 7.62. The number of carboxylic acids is 1. The maximum Gasteiger partial charge on any atom is 0.335 e. The van der Waals surface area contributed by atoms with E-state index in [0.717, 1.165) is 12.8 Å². The van der Waals surface area contributed by atoms with Crippen LogP contribution >= 0.6 is 0 Å². The van der Waals surface area contributed by atoms with Gasteiger partial charge in [-0.15, -0.1) is 0 Å². The topological polar surface area (TPSA) is 113 Å². The zero-order valence-electron chi connectivity index (χ0n) is 13.1. The van der Waals surface area contributed by atoms with Gasteiger partial charge >= 0.3 is 5.97 Å². The van der Waals surface area contributed by atoms with Crippen molar-refractivity contribution < 1.29 is 23.1 Å². The van der Waals surface area contributed by atoms with Gasteiger partial charge in [0, 0.05) is 11.6 Å². The van der Waals surface area contributed by atoms with Gasteiger partial charge in [-0.2, -0.15) is 0 Å². The average Bonchev–Trinajstić information content (AvgIpc) is 3.40. The Morgan fingerprint density at radius 3 is 2.24 bits per heavy atom. The third-order valence-corrected chi connectivity index (χ3v) is 5.14. The molecule has 1 fully saturated rings. The first kappa shape index (κ1) is 17.0. The van der Waals surface area contributed by atoms with Crippen LogP contribution < -0.4 is 10.0 Å². The largest absolute Gasteiger partial charge is 0.478 e.